The number of fused-ring (bicyclic) bond motifs is 1. The number of hydrogen-bond acceptors (Lipinski definition) is 2. The van der Waals surface area contributed by atoms with E-state index in [0.717, 1.165) is 16.7 Å². The molecule has 0 spiro atoms. The molecule has 4 heteroatoms. The van der Waals surface area contributed by atoms with Crippen molar-refractivity contribution < 1.29 is 0 Å². The Bertz CT molecular complexity index is 636. The number of H-pyrrole nitrogens is 1. The summed E-state index contributed by atoms with van der Waals surface area (Å²) in [6.45, 7) is 12.4. The highest BCUT2D eigenvalue weighted by molar-refractivity contribution is 5.76. The van der Waals surface area contributed by atoms with Gasteiger partial charge in [0.2, 0.25) is 0 Å². The maximum atomic E-state index is 12.1. The Kier molecular flexibility index (Phi) is 2.65. The SMILES string of the molecule is CC(C)(C)c1ccnc2c1[nH]c(=O)n2C(C)(C)C. The smallest absolute Gasteiger partial charge is 0.304 e. The van der Waals surface area contributed by atoms with E-state index in [9.17, 15) is 4.79 Å². The van der Waals surface area contributed by atoms with Gasteiger partial charge in [0.05, 0.1) is 5.52 Å². The van der Waals surface area contributed by atoms with Gasteiger partial charge in [0.25, 0.3) is 0 Å². The highest BCUT2D eigenvalue weighted by Crippen LogP contribution is 2.28. The van der Waals surface area contributed by atoms with E-state index in [0.29, 0.717) is 0 Å². The van der Waals surface area contributed by atoms with Gasteiger partial charge in [-0.2, -0.15) is 0 Å². The first-order chi connectivity index (χ1) is 8.12. The lowest BCUT2D eigenvalue weighted by atomic mass is 9.87. The van der Waals surface area contributed by atoms with Crippen LogP contribution in [0.4, 0.5) is 0 Å². The van der Waals surface area contributed by atoms with Crippen molar-refractivity contribution >= 4 is 11.2 Å². The Morgan fingerprint density at radius 1 is 1.17 bits per heavy atom. The predicted octanol–water partition coefficient (Wildman–Crippen LogP) is 2.78. The van der Waals surface area contributed by atoms with Crippen molar-refractivity contribution in [3.8, 4) is 0 Å². The number of nitrogens with zero attached hydrogens (tertiary/aromatic N) is 2. The first kappa shape index (κ1) is 12.9. The van der Waals surface area contributed by atoms with E-state index >= 15 is 0 Å². The molecule has 1 N–H and O–H groups in total. The zero-order chi connectivity index (χ0) is 13.7. The molecule has 0 radical (unpaired) electrons. The summed E-state index contributed by atoms with van der Waals surface area (Å²) < 4.78 is 1.72. The van der Waals surface area contributed by atoms with E-state index in [2.05, 4.69) is 30.7 Å². The molecular formula is C14H21N3O. The molecule has 0 atom stereocenters. The third-order valence-corrected chi connectivity index (χ3v) is 3.06. The Hall–Kier alpha value is -1.58. The zero-order valence-corrected chi connectivity index (χ0v) is 12.0. The summed E-state index contributed by atoms with van der Waals surface area (Å²) in [7, 11) is 0. The van der Waals surface area contributed by atoms with Crippen molar-refractivity contribution in [2.45, 2.75) is 52.5 Å². The topological polar surface area (TPSA) is 50.7 Å². The maximum Gasteiger partial charge on any atom is 0.328 e. The monoisotopic (exact) mass is 247 g/mol. The van der Waals surface area contributed by atoms with Gasteiger partial charge in [0.15, 0.2) is 5.65 Å². The third kappa shape index (κ3) is 1.96. The van der Waals surface area contributed by atoms with Crippen molar-refractivity contribution in [2.24, 2.45) is 0 Å². The number of pyridine rings is 1. The van der Waals surface area contributed by atoms with Crippen molar-refractivity contribution in [3.63, 3.8) is 0 Å². The minimum atomic E-state index is -0.279. The maximum absolute atomic E-state index is 12.1. The normalized spacial score (nSPS) is 13.2. The van der Waals surface area contributed by atoms with E-state index in [1.54, 1.807) is 10.8 Å². The molecule has 0 saturated carbocycles. The Balaban J connectivity index is 2.89. The molecule has 0 fully saturated rings. The number of rotatable bonds is 0. The highest BCUT2D eigenvalue weighted by atomic mass is 16.1. The van der Waals surface area contributed by atoms with Crippen LogP contribution in [0.5, 0.6) is 0 Å². The largest absolute Gasteiger partial charge is 0.328 e. The van der Waals surface area contributed by atoms with Crippen molar-refractivity contribution in [1.82, 2.24) is 14.5 Å². The van der Waals surface area contributed by atoms with Crippen molar-refractivity contribution in [1.29, 1.82) is 0 Å². The number of nitrogens with one attached hydrogen (secondary N) is 1. The fourth-order valence-electron chi connectivity index (χ4n) is 2.25. The molecule has 98 valence electrons. The van der Waals surface area contributed by atoms with Crippen molar-refractivity contribution in [3.05, 3.63) is 28.3 Å². The molecule has 2 rings (SSSR count). The Morgan fingerprint density at radius 2 is 1.78 bits per heavy atom. The van der Waals surface area contributed by atoms with Crippen LogP contribution in [0.1, 0.15) is 47.1 Å². The molecule has 0 aliphatic heterocycles. The number of imidazole rings is 1. The van der Waals surface area contributed by atoms with Gasteiger partial charge in [-0.05, 0) is 37.8 Å². The number of hydrogen-bond donors (Lipinski definition) is 1. The quantitative estimate of drug-likeness (QED) is 0.778. The molecule has 2 aromatic heterocycles. The fraction of sp³-hybridized carbons (Fsp3) is 0.571. The first-order valence-corrected chi connectivity index (χ1v) is 6.23. The average Bonchev–Trinajstić information content (AvgIpc) is 2.50. The van der Waals surface area contributed by atoms with Crippen LogP contribution in [0.25, 0.3) is 11.2 Å². The van der Waals surface area contributed by atoms with Gasteiger partial charge in [-0.15, -0.1) is 0 Å². The van der Waals surface area contributed by atoms with Gasteiger partial charge in [-0.1, -0.05) is 20.8 Å². The van der Waals surface area contributed by atoms with Crippen LogP contribution in [0.15, 0.2) is 17.1 Å². The van der Waals surface area contributed by atoms with Crippen LogP contribution >= 0.6 is 0 Å². The molecule has 0 bridgehead atoms. The van der Waals surface area contributed by atoms with Crippen molar-refractivity contribution in [2.75, 3.05) is 0 Å². The minimum absolute atomic E-state index is 0.0196. The molecular weight excluding hydrogens is 226 g/mol. The van der Waals surface area contributed by atoms with E-state index in [-0.39, 0.29) is 16.6 Å². The molecule has 0 aliphatic carbocycles. The highest BCUT2D eigenvalue weighted by Gasteiger charge is 2.24. The second-order valence-corrected chi connectivity index (χ2v) is 6.74. The predicted molar refractivity (Wildman–Crippen MR) is 74.0 cm³/mol. The third-order valence-electron chi connectivity index (χ3n) is 3.06. The van der Waals surface area contributed by atoms with Gasteiger partial charge in [0.1, 0.15) is 0 Å². The summed E-state index contributed by atoms with van der Waals surface area (Å²) in [5.74, 6) is 0. The summed E-state index contributed by atoms with van der Waals surface area (Å²) in [6, 6.07) is 1.98. The molecule has 18 heavy (non-hydrogen) atoms. The lowest BCUT2D eigenvalue weighted by Crippen LogP contribution is -2.32. The second-order valence-electron chi connectivity index (χ2n) is 6.74. The van der Waals surface area contributed by atoms with Crippen LogP contribution in [0.3, 0.4) is 0 Å². The van der Waals surface area contributed by atoms with E-state index in [4.69, 9.17) is 0 Å². The summed E-state index contributed by atoms with van der Waals surface area (Å²) in [5.41, 5.74) is 2.31. The Morgan fingerprint density at radius 3 is 2.28 bits per heavy atom. The summed E-state index contributed by atoms with van der Waals surface area (Å²) >= 11 is 0. The first-order valence-electron chi connectivity index (χ1n) is 6.23. The summed E-state index contributed by atoms with van der Waals surface area (Å²) in [5, 5.41) is 0. The van der Waals surface area contributed by atoms with Crippen LogP contribution in [0, 0.1) is 0 Å². The van der Waals surface area contributed by atoms with Crippen LogP contribution in [0.2, 0.25) is 0 Å². The molecule has 4 nitrogen and oxygen atoms in total. The van der Waals surface area contributed by atoms with Gasteiger partial charge in [-0.25, -0.2) is 9.78 Å². The lowest BCUT2D eigenvalue weighted by Gasteiger charge is -2.22. The molecule has 2 aromatic rings. The number of aromatic amines is 1. The summed E-state index contributed by atoms with van der Waals surface area (Å²) in [4.78, 5) is 19.5. The fourth-order valence-corrected chi connectivity index (χ4v) is 2.25. The van der Waals surface area contributed by atoms with Crippen LogP contribution < -0.4 is 5.69 Å². The Labute approximate surface area is 107 Å². The second kappa shape index (κ2) is 3.70. The summed E-state index contributed by atoms with van der Waals surface area (Å²) in [6.07, 6.45) is 1.78. The minimum Gasteiger partial charge on any atom is -0.304 e. The van der Waals surface area contributed by atoms with E-state index < -0.39 is 0 Å². The molecule has 2 heterocycles. The average molecular weight is 247 g/mol. The molecule has 0 amide bonds. The molecule has 0 aromatic carbocycles. The van der Waals surface area contributed by atoms with E-state index in [1.165, 1.54) is 0 Å². The van der Waals surface area contributed by atoms with Crippen LogP contribution in [-0.2, 0) is 11.0 Å². The van der Waals surface area contributed by atoms with Gasteiger partial charge < -0.3 is 4.98 Å². The standard InChI is InChI=1S/C14H21N3O/c1-13(2,3)9-7-8-15-11-10(9)16-12(18)17(11)14(4,5)6/h7-8H,1-6H3,(H,16,18). The molecule has 0 unspecified atom stereocenters. The van der Waals surface area contributed by atoms with E-state index in [1.807, 2.05) is 26.8 Å². The zero-order valence-electron chi connectivity index (χ0n) is 12.0. The lowest BCUT2D eigenvalue weighted by molar-refractivity contribution is 0.395. The van der Waals surface area contributed by atoms with Gasteiger partial charge >= 0.3 is 5.69 Å². The molecule has 0 saturated heterocycles. The van der Waals surface area contributed by atoms with Gasteiger partial charge in [-0.3, -0.25) is 4.57 Å². The van der Waals surface area contributed by atoms with Crippen LogP contribution in [-0.4, -0.2) is 14.5 Å². The van der Waals surface area contributed by atoms with Gasteiger partial charge in [0, 0.05) is 11.7 Å². The molecule has 0 aliphatic rings. The number of aromatic nitrogens is 3.